The number of nitrogens with one attached hydrogen (secondary N) is 1. The fourth-order valence-electron chi connectivity index (χ4n) is 1.31. The van der Waals surface area contributed by atoms with Crippen molar-refractivity contribution in [1.29, 1.82) is 0 Å². The highest BCUT2D eigenvalue weighted by molar-refractivity contribution is 6.31. The fraction of sp³-hybridized carbons (Fsp3) is 0.400. The summed E-state index contributed by atoms with van der Waals surface area (Å²) in [7, 11) is 3.79. The van der Waals surface area contributed by atoms with E-state index in [9.17, 15) is 4.39 Å². The van der Waals surface area contributed by atoms with Crippen LogP contribution >= 0.6 is 11.6 Å². The summed E-state index contributed by atoms with van der Waals surface area (Å²) in [6, 6.07) is 4.50. The van der Waals surface area contributed by atoms with Crippen molar-refractivity contribution >= 4 is 11.6 Å². The highest BCUT2D eigenvalue weighted by atomic mass is 35.5. The second-order valence-corrected chi connectivity index (χ2v) is 3.82. The number of hydrogen-bond acceptors (Lipinski definition) is 2. The van der Waals surface area contributed by atoms with Crippen LogP contribution in [0, 0.1) is 5.82 Å². The average Bonchev–Trinajstić information content (AvgIpc) is 2.01. The topological polar surface area (TPSA) is 15.3 Å². The van der Waals surface area contributed by atoms with E-state index in [1.807, 2.05) is 26.0 Å². The van der Waals surface area contributed by atoms with Gasteiger partial charge in [-0.05, 0) is 24.6 Å². The fourth-order valence-corrected chi connectivity index (χ4v) is 1.64. The molecule has 2 nitrogen and oxygen atoms in total. The first-order chi connectivity index (χ1) is 6.50. The number of hydrazine groups is 1. The summed E-state index contributed by atoms with van der Waals surface area (Å²) in [5.74, 6) is -0.309. The molecule has 0 fully saturated rings. The van der Waals surface area contributed by atoms with Crippen LogP contribution in [0.15, 0.2) is 18.2 Å². The maximum absolute atomic E-state index is 12.8. The molecule has 1 rings (SSSR count). The molecule has 4 heteroatoms. The molecule has 0 heterocycles. The molecule has 1 aromatic carbocycles. The van der Waals surface area contributed by atoms with Crippen LogP contribution < -0.4 is 5.43 Å². The minimum Gasteiger partial charge on any atom is -0.250 e. The smallest absolute Gasteiger partial charge is 0.124 e. The molecule has 0 saturated heterocycles. The summed E-state index contributed by atoms with van der Waals surface area (Å²) in [4.78, 5) is 0. The highest BCUT2D eigenvalue weighted by Crippen LogP contribution is 2.23. The molecule has 0 aliphatic rings. The first-order valence-corrected chi connectivity index (χ1v) is 4.77. The monoisotopic (exact) mass is 216 g/mol. The lowest BCUT2D eigenvalue weighted by Crippen LogP contribution is -2.32. The van der Waals surface area contributed by atoms with Gasteiger partial charge in [0.25, 0.3) is 0 Å². The zero-order valence-corrected chi connectivity index (χ0v) is 9.27. The Labute approximate surface area is 88.6 Å². The van der Waals surface area contributed by atoms with Gasteiger partial charge in [0.1, 0.15) is 5.82 Å². The standard InChI is InChI=1S/C10H14ClFN2/c1-7(13-14(2)3)9-5-4-8(12)6-10(9)11/h4-7,13H,1-3H3. The summed E-state index contributed by atoms with van der Waals surface area (Å²) >= 11 is 5.91. The van der Waals surface area contributed by atoms with Gasteiger partial charge in [0, 0.05) is 25.2 Å². The van der Waals surface area contributed by atoms with Crippen LogP contribution in [0.5, 0.6) is 0 Å². The summed E-state index contributed by atoms with van der Waals surface area (Å²) < 4.78 is 12.8. The van der Waals surface area contributed by atoms with Gasteiger partial charge in [-0.15, -0.1) is 0 Å². The molecular weight excluding hydrogens is 203 g/mol. The van der Waals surface area contributed by atoms with Gasteiger partial charge in [-0.2, -0.15) is 0 Å². The molecule has 0 bridgehead atoms. The van der Waals surface area contributed by atoms with Crippen LogP contribution in [0.2, 0.25) is 5.02 Å². The Balaban J connectivity index is 2.84. The number of benzene rings is 1. The van der Waals surface area contributed by atoms with E-state index in [-0.39, 0.29) is 11.9 Å². The van der Waals surface area contributed by atoms with Gasteiger partial charge in [0.15, 0.2) is 0 Å². The van der Waals surface area contributed by atoms with Gasteiger partial charge in [-0.25, -0.2) is 9.82 Å². The van der Waals surface area contributed by atoms with Crippen molar-refractivity contribution in [2.75, 3.05) is 14.1 Å². The Morgan fingerprint density at radius 3 is 2.57 bits per heavy atom. The summed E-state index contributed by atoms with van der Waals surface area (Å²) in [6.07, 6.45) is 0. The summed E-state index contributed by atoms with van der Waals surface area (Å²) in [5.41, 5.74) is 4.04. The van der Waals surface area contributed by atoms with Gasteiger partial charge >= 0.3 is 0 Å². The maximum Gasteiger partial charge on any atom is 0.124 e. The van der Waals surface area contributed by atoms with Crippen molar-refractivity contribution in [3.8, 4) is 0 Å². The predicted octanol–water partition coefficient (Wildman–Crippen LogP) is 2.61. The van der Waals surface area contributed by atoms with E-state index in [0.29, 0.717) is 5.02 Å². The van der Waals surface area contributed by atoms with E-state index >= 15 is 0 Å². The van der Waals surface area contributed by atoms with Gasteiger partial charge < -0.3 is 0 Å². The van der Waals surface area contributed by atoms with E-state index in [0.717, 1.165) is 5.56 Å². The Kier molecular flexibility index (Phi) is 3.86. The Morgan fingerprint density at radius 1 is 1.43 bits per heavy atom. The molecule has 0 aromatic heterocycles. The molecule has 78 valence electrons. The zero-order valence-electron chi connectivity index (χ0n) is 8.51. The summed E-state index contributed by atoms with van der Waals surface area (Å²) in [5, 5.41) is 2.29. The van der Waals surface area contributed by atoms with Gasteiger partial charge in [0.05, 0.1) is 0 Å². The zero-order chi connectivity index (χ0) is 10.7. The second-order valence-electron chi connectivity index (χ2n) is 3.41. The van der Waals surface area contributed by atoms with E-state index in [1.165, 1.54) is 12.1 Å². The molecule has 1 atom stereocenters. The van der Waals surface area contributed by atoms with Crippen LogP contribution in [0.4, 0.5) is 4.39 Å². The Hall–Kier alpha value is -0.640. The highest BCUT2D eigenvalue weighted by Gasteiger charge is 2.10. The molecule has 0 aliphatic heterocycles. The third-order valence-electron chi connectivity index (χ3n) is 1.88. The van der Waals surface area contributed by atoms with Crippen LogP contribution in [-0.4, -0.2) is 19.1 Å². The first kappa shape index (κ1) is 11.4. The number of rotatable bonds is 3. The molecule has 0 radical (unpaired) electrons. The molecule has 0 amide bonds. The van der Waals surface area contributed by atoms with Crippen molar-refractivity contribution in [3.05, 3.63) is 34.6 Å². The maximum atomic E-state index is 12.8. The second kappa shape index (κ2) is 4.73. The quantitative estimate of drug-likeness (QED) is 0.782. The Morgan fingerprint density at radius 2 is 2.07 bits per heavy atom. The molecule has 0 spiro atoms. The molecule has 1 unspecified atom stereocenters. The van der Waals surface area contributed by atoms with E-state index in [4.69, 9.17) is 11.6 Å². The van der Waals surface area contributed by atoms with E-state index < -0.39 is 0 Å². The van der Waals surface area contributed by atoms with Crippen LogP contribution in [0.3, 0.4) is 0 Å². The number of halogens is 2. The molecule has 1 N–H and O–H groups in total. The third kappa shape index (κ3) is 2.94. The minimum absolute atomic E-state index is 0.0677. The van der Waals surface area contributed by atoms with Crippen molar-refractivity contribution in [1.82, 2.24) is 10.4 Å². The third-order valence-corrected chi connectivity index (χ3v) is 2.21. The first-order valence-electron chi connectivity index (χ1n) is 4.39. The largest absolute Gasteiger partial charge is 0.250 e. The van der Waals surface area contributed by atoms with Gasteiger partial charge in [-0.3, -0.25) is 5.01 Å². The Bertz CT molecular complexity index is 315. The summed E-state index contributed by atoms with van der Waals surface area (Å²) in [6.45, 7) is 1.97. The van der Waals surface area contributed by atoms with E-state index in [2.05, 4.69) is 5.43 Å². The van der Waals surface area contributed by atoms with E-state index in [1.54, 1.807) is 6.07 Å². The average molecular weight is 217 g/mol. The number of nitrogens with zero attached hydrogens (tertiary/aromatic N) is 1. The normalized spacial score (nSPS) is 13.3. The molecular formula is C10H14ClFN2. The minimum atomic E-state index is -0.309. The molecule has 14 heavy (non-hydrogen) atoms. The van der Waals surface area contributed by atoms with Crippen molar-refractivity contribution in [2.45, 2.75) is 13.0 Å². The van der Waals surface area contributed by atoms with Crippen molar-refractivity contribution in [3.63, 3.8) is 0 Å². The number of hydrogen-bond donors (Lipinski definition) is 1. The van der Waals surface area contributed by atoms with Gasteiger partial charge in [-0.1, -0.05) is 17.7 Å². The lowest BCUT2D eigenvalue weighted by atomic mass is 10.1. The SMILES string of the molecule is CC(NN(C)C)c1ccc(F)cc1Cl. The molecule has 1 aromatic rings. The van der Waals surface area contributed by atoms with Gasteiger partial charge in [0.2, 0.25) is 0 Å². The van der Waals surface area contributed by atoms with Crippen LogP contribution in [-0.2, 0) is 0 Å². The molecule has 0 aliphatic carbocycles. The molecule has 0 saturated carbocycles. The lowest BCUT2D eigenvalue weighted by Gasteiger charge is -2.20. The van der Waals surface area contributed by atoms with Crippen molar-refractivity contribution in [2.24, 2.45) is 0 Å². The van der Waals surface area contributed by atoms with Crippen LogP contribution in [0.1, 0.15) is 18.5 Å². The lowest BCUT2D eigenvalue weighted by molar-refractivity contribution is 0.252. The van der Waals surface area contributed by atoms with Crippen molar-refractivity contribution < 1.29 is 4.39 Å². The van der Waals surface area contributed by atoms with Crippen LogP contribution in [0.25, 0.3) is 0 Å². The predicted molar refractivity (Wildman–Crippen MR) is 56.6 cm³/mol.